The van der Waals surface area contributed by atoms with Crippen molar-refractivity contribution in [2.45, 2.75) is 90.6 Å². The zero-order valence-corrected chi connectivity index (χ0v) is 27.4. The van der Waals surface area contributed by atoms with Crippen LogP contribution in [0.15, 0.2) is 36.4 Å². The molecular formula is C33H41F3N4O7. The lowest BCUT2D eigenvalue weighted by Crippen LogP contribution is -2.56. The van der Waals surface area contributed by atoms with E-state index in [1.54, 1.807) is 57.4 Å². The zero-order valence-electron chi connectivity index (χ0n) is 27.4. The zero-order chi connectivity index (χ0) is 34.7. The maximum Gasteiger partial charge on any atom is 0.493 e. The van der Waals surface area contributed by atoms with E-state index in [0.717, 1.165) is 17.0 Å². The number of piperidine rings is 1. The lowest BCUT2D eigenvalue weighted by molar-refractivity contribution is -0.208. The molecule has 4 rings (SSSR count). The van der Waals surface area contributed by atoms with Crippen molar-refractivity contribution in [2.24, 2.45) is 5.92 Å². The fraction of sp³-hybridized carbons (Fsp3) is 0.545. The van der Waals surface area contributed by atoms with Crippen LogP contribution in [0.1, 0.15) is 69.5 Å². The Morgan fingerprint density at radius 1 is 1.02 bits per heavy atom. The highest BCUT2D eigenvalue weighted by atomic mass is 19.4. The summed E-state index contributed by atoms with van der Waals surface area (Å²) in [6.07, 6.45) is -5.01. The van der Waals surface area contributed by atoms with Gasteiger partial charge in [0.1, 0.15) is 24.0 Å². The molecule has 47 heavy (non-hydrogen) atoms. The van der Waals surface area contributed by atoms with Crippen molar-refractivity contribution >= 4 is 23.9 Å². The number of halogens is 3. The fourth-order valence-corrected chi connectivity index (χ4v) is 6.04. The molecule has 256 valence electrons. The van der Waals surface area contributed by atoms with Gasteiger partial charge in [0.2, 0.25) is 5.91 Å². The van der Waals surface area contributed by atoms with Gasteiger partial charge < -0.3 is 24.1 Å². The number of alkyl halides is 3. The minimum absolute atomic E-state index is 0.131. The van der Waals surface area contributed by atoms with Gasteiger partial charge in [-0.25, -0.2) is 9.59 Å². The predicted molar refractivity (Wildman–Crippen MR) is 163 cm³/mol. The Balaban J connectivity index is 1.49. The molecule has 0 aliphatic carbocycles. The average Bonchev–Trinajstić information content (AvgIpc) is 3.28. The molecule has 2 unspecified atom stereocenters. The molecule has 2 fully saturated rings. The summed E-state index contributed by atoms with van der Waals surface area (Å²) in [6.45, 7) is 11.6. The number of carbonyl (C=O) groups excluding carboxylic acids is 4. The summed E-state index contributed by atoms with van der Waals surface area (Å²) in [4.78, 5) is 62.6. The number of likely N-dealkylation sites (tertiary alicyclic amines) is 2. The Hall–Kier alpha value is -4.36. The number of benzene rings is 1. The van der Waals surface area contributed by atoms with Crippen molar-refractivity contribution < 1.29 is 46.7 Å². The molecule has 0 saturated carbocycles. The van der Waals surface area contributed by atoms with Gasteiger partial charge in [0.15, 0.2) is 0 Å². The van der Waals surface area contributed by atoms with E-state index in [-0.39, 0.29) is 32.5 Å². The second-order valence-corrected chi connectivity index (χ2v) is 13.3. The first-order valence-electron chi connectivity index (χ1n) is 15.4. The largest absolute Gasteiger partial charge is 0.493 e. The van der Waals surface area contributed by atoms with Crippen molar-refractivity contribution in [2.75, 3.05) is 19.6 Å². The van der Waals surface area contributed by atoms with Crippen molar-refractivity contribution in [3.8, 4) is 5.75 Å². The molecule has 2 atom stereocenters. The Kier molecular flexibility index (Phi) is 10.4. The number of ether oxygens (including phenoxy) is 2. The third-order valence-corrected chi connectivity index (χ3v) is 8.34. The highest BCUT2D eigenvalue weighted by molar-refractivity contribution is 5.95. The summed E-state index contributed by atoms with van der Waals surface area (Å²) in [5.41, 5.74) is 3.28. The summed E-state index contributed by atoms with van der Waals surface area (Å²) in [5, 5.41) is 0. The van der Waals surface area contributed by atoms with Gasteiger partial charge in [-0.2, -0.15) is 18.7 Å². The van der Waals surface area contributed by atoms with Crippen LogP contribution in [-0.4, -0.2) is 76.1 Å². The summed E-state index contributed by atoms with van der Waals surface area (Å²) < 4.78 is 49.7. The quantitative estimate of drug-likeness (QED) is 0.414. The second-order valence-electron chi connectivity index (χ2n) is 13.3. The second kappa shape index (κ2) is 13.8. The number of carbonyl (C=O) groups is 4. The van der Waals surface area contributed by atoms with Gasteiger partial charge in [-0.1, -0.05) is 12.1 Å². The number of nitrogens with zero attached hydrogens (tertiary/aromatic N) is 3. The first-order chi connectivity index (χ1) is 21.9. The summed E-state index contributed by atoms with van der Waals surface area (Å²) in [6, 6.07) is 9.69. The molecule has 0 radical (unpaired) electrons. The van der Waals surface area contributed by atoms with Crippen LogP contribution in [0.2, 0.25) is 0 Å². The van der Waals surface area contributed by atoms with Crippen LogP contribution in [0.4, 0.5) is 18.0 Å². The number of hydroxylamine groups is 1. The van der Waals surface area contributed by atoms with Crippen molar-refractivity contribution in [3.63, 3.8) is 0 Å². The number of aryl methyl sites for hydroxylation is 2. The minimum Gasteiger partial charge on any atom is -0.489 e. The van der Waals surface area contributed by atoms with Crippen LogP contribution >= 0.6 is 0 Å². The SMILES string of the molecule is Cc1cc(COc2ccc(C3(C)CCN(C(C(=O)NOC(=O)C(F)(F)F)C4CCN(C(=O)OC(C)(C)C)CC4)C3=O)cc2)cc(C)n1. The maximum absolute atomic E-state index is 14.0. The van der Waals surface area contributed by atoms with Gasteiger partial charge in [-0.05, 0) is 102 Å². The molecular weight excluding hydrogens is 621 g/mol. The number of pyridine rings is 1. The van der Waals surface area contributed by atoms with Gasteiger partial charge in [0, 0.05) is 31.0 Å². The van der Waals surface area contributed by atoms with E-state index >= 15 is 0 Å². The summed E-state index contributed by atoms with van der Waals surface area (Å²) in [5.74, 6) is -3.99. The number of hydrogen-bond acceptors (Lipinski definition) is 8. The Labute approximate surface area is 271 Å². The first-order valence-corrected chi connectivity index (χ1v) is 15.4. The van der Waals surface area contributed by atoms with E-state index in [9.17, 15) is 32.3 Å². The highest BCUT2D eigenvalue weighted by Crippen LogP contribution is 2.39. The van der Waals surface area contributed by atoms with Crippen LogP contribution in [-0.2, 0) is 36.0 Å². The van der Waals surface area contributed by atoms with Crippen molar-refractivity contribution in [1.29, 1.82) is 0 Å². The molecule has 2 aliphatic heterocycles. The molecule has 11 nitrogen and oxygen atoms in total. The van der Waals surface area contributed by atoms with Crippen LogP contribution in [0.3, 0.4) is 0 Å². The lowest BCUT2D eigenvalue weighted by Gasteiger charge is -2.39. The van der Waals surface area contributed by atoms with Crippen LogP contribution in [0, 0.1) is 19.8 Å². The minimum atomic E-state index is -5.32. The highest BCUT2D eigenvalue weighted by Gasteiger charge is 2.51. The van der Waals surface area contributed by atoms with E-state index in [0.29, 0.717) is 24.3 Å². The monoisotopic (exact) mass is 662 g/mol. The molecule has 2 aliphatic rings. The van der Waals surface area contributed by atoms with E-state index < -0.39 is 53.0 Å². The van der Waals surface area contributed by atoms with Crippen LogP contribution < -0.4 is 10.2 Å². The van der Waals surface area contributed by atoms with Crippen LogP contribution in [0.25, 0.3) is 0 Å². The Bertz CT molecular complexity index is 1460. The van der Waals surface area contributed by atoms with Gasteiger partial charge in [0.25, 0.3) is 5.91 Å². The molecule has 2 aromatic rings. The average molecular weight is 663 g/mol. The van der Waals surface area contributed by atoms with Crippen molar-refractivity contribution in [1.82, 2.24) is 20.3 Å². The Morgan fingerprint density at radius 2 is 1.62 bits per heavy atom. The van der Waals surface area contributed by atoms with Crippen LogP contribution in [0.5, 0.6) is 5.75 Å². The molecule has 1 N–H and O–H groups in total. The predicted octanol–water partition coefficient (Wildman–Crippen LogP) is 4.92. The van der Waals surface area contributed by atoms with Gasteiger partial charge in [0.05, 0.1) is 5.41 Å². The molecule has 3 heterocycles. The number of hydrogen-bond donors (Lipinski definition) is 1. The normalized spacial score (nSPS) is 19.7. The topological polar surface area (TPSA) is 127 Å². The van der Waals surface area contributed by atoms with E-state index in [1.807, 2.05) is 26.0 Å². The summed E-state index contributed by atoms with van der Waals surface area (Å²) in [7, 11) is 0. The lowest BCUT2D eigenvalue weighted by atomic mass is 9.80. The third kappa shape index (κ3) is 8.72. The van der Waals surface area contributed by atoms with E-state index in [1.165, 1.54) is 9.80 Å². The van der Waals surface area contributed by atoms with Crippen molar-refractivity contribution in [3.05, 3.63) is 58.9 Å². The maximum atomic E-state index is 14.0. The number of nitrogens with one attached hydrogen (secondary N) is 1. The molecule has 3 amide bonds. The molecule has 1 aromatic heterocycles. The number of aromatic nitrogens is 1. The first kappa shape index (κ1) is 35.5. The van der Waals surface area contributed by atoms with E-state index in [2.05, 4.69) is 9.82 Å². The number of rotatable bonds is 7. The standard InChI is InChI=1S/C33H41F3N4O7/c1-20-17-22(18-21(2)37-20)19-45-25-9-7-24(8-10-25)32(6)13-16-40(28(32)42)26(27(41)38-47-29(43)33(34,35)36)23-11-14-39(15-12-23)30(44)46-31(3,4)5/h7-10,17-18,23,26H,11-16,19H2,1-6H3,(H,38,41). The third-order valence-electron chi connectivity index (χ3n) is 8.34. The molecule has 14 heteroatoms. The summed E-state index contributed by atoms with van der Waals surface area (Å²) >= 11 is 0. The van der Waals surface area contributed by atoms with Gasteiger partial charge in [-0.3, -0.25) is 14.6 Å². The van der Waals surface area contributed by atoms with Gasteiger partial charge >= 0.3 is 18.2 Å². The van der Waals surface area contributed by atoms with Gasteiger partial charge in [-0.15, -0.1) is 0 Å². The molecule has 2 saturated heterocycles. The molecule has 0 spiro atoms. The molecule has 0 bridgehead atoms. The smallest absolute Gasteiger partial charge is 0.489 e. The Morgan fingerprint density at radius 3 is 2.17 bits per heavy atom. The number of amides is 3. The fourth-order valence-electron chi connectivity index (χ4n) is 6.04. The molecule has 1 aromatic carbocycles. The van der Waals surface area contributed by atoms with E-state index in [4.69, 9.17) is 9.47 Å².